The Morgan fingerprint density at radius 1 is 1.58 bits per heavy atom. The van der Waals surface area contributed by atoms with Gasteiger partial charge >= 0.3 is 0 Å². The van der Waals surface area contributed by atoms with Gasteiger partial charge in [-0.25, -0.2) is 13.6 Å². The van der Waals surface area contributed by atoms with Crippen LogP contribution < -0.4 is 5.14 Å². The van der Waals surface area contributed by atoms with Crippen molar-refractivity contribution >= 4 is 27.3 Å². The second-order valence-electron chi connectivity index (χ2n) is 4.50. The monoisotopic (exact) mass is 304 g/mol. The summed E-state index contributed by atoms with van der Waals surface area (Å²) in [4.78, 5) is 14.0. The Balaban J connectivity index is 2.24. The first kappa shape index (κ1) is 14.4. The summed E-state index contributed by atoms with van der Waals surface area (Å²) in [5.74, 6) is -0.164. The van der Waals surface area contributed by atoms with E-state index in [2.05, 4.69) is 0 Å². The lowest BCUT2D eigenvalue weighted by atomic mass is 10.2. The highest BCUT2D eigenvalue weighted by Gasteiger charge is 2.29. The van der Waals surface area contributed by atoms with Crippen LogP contribution in [0.3, 0.4) is 0 Å². The summed E-state index contributed by atoms with van der Waals surface area (Å²) in [6.07, 6.45) is 0.855. The molecule has 1 aliphatic rings. The van der Waals surface area contributed by atoms with Gasteiger partial charge in [0.25, 0.3) is 5.91 Å². The van der Waals surface area contributed by atoms with Crippen LogP contribution in [0.25, 0.3) is 0 Å². The number of amides is 1. The van der Waals surface area contributed by atoms with Crippen molar-refractivity contribution in [1.29, 1.82) is 0 Å². The van der Waals surface area contributed by atoms with Crippen molar-refractivity contribution in [3.8, 4) is 0 Å². The molecule has 0 radical (unpaired) electrons. The second-order valence-corrected chi connectivity index (χ2v) is 7.14. The molecule has 0 bridgehead atoms. The first-order chi connectivity index (χ1) is 8.84. The van der Waals surface area contributed by atoms with Gasteiger partial charge in [-0.1, -0.05) is 0 Å². The zero-order valence-electron chi connectivity index (χ0n) is 10.8. The van der Waals surface area contributed by atoms with Gasteiger partial charge in [0.15, 0.2) is 0 Å². The predicted octanol–water partition coefficient (Wildman–Crippen LogP) is 0.565. The number of likely N-dealkylation sites (tertiary alicyclic amines) is 1. The van der Waals surface area contributed by atoms with Crippen LogP contribution in [0.4, 0.5) is 0 Å². The molecule has 6 nitrogen and oxygen atoms in total. The Kier molecular flexibility index (Phi) is 3.95. The number of primary sulfonamides is 1. The highest BCUT2D eigenvalue weighted by molar-refractivity contribution is 7.91. The van der Waals surface area contributed by atoms with Gasteiger partial charge in [0, 0.05) is 25.6 Å². The van der Waals surface area contributed by atoms with Crippen molar-refractivity contribution in [2.75, 3.05) is 20.2 Å². The summed E-state index contributed by atoms with van der Waals surface area (Å²) in [7, 11) is -2.14. The number of methoxy groups -OCH3 is 1. The molecule has 1 unspecified atom stereocenters. The Morgan fingerprint density at radius 3 is 2.74 bits per heavy atom. The number of hydrogen-bond acceptors (Lipinski definition) is 5. The maximum absolute atomic E-state index is 12.3. The fourth-order valence-electron chi connectivity index (χ4n) is 2.17. The van der Waals surface area contributed by atoms with Crippen molar-refractivity contribution in [3.63, 3.8) is 0 Å². The van der Waals surface area contributed by atoms with Gasteiger partial charge in [-0.15, -0.1) is 11.3 Å². The molecular weight excluding hydrogens is 288 g/mol. The number of nitrogens with two attached hydrogens (primary N) is 1. The summed E-state index contributed by atoms with van der Waals surface area (Å²) in [6.45, 7) is 2.76. The van der Waals surface area contributed by atoms with E-state index < -0.39 is 10.0 Å². The van der Waals surface area contributed by atoms with Crippen LogP contribution in [-0.2, 0) is 14.8 Å². The van der Waals surface area contributed by atoms with Gasteiger partial charge in [-0.05, 0) is 18.9 Å². The van der Waals surface area contributed by atoms with Gasteiger partial charge in [0.05, 0.1) is 11.7 Å². The third-order valence-corrected chi connectivity index (χ3v) is 5.93. The first-order valence-corrected chi connectivity index (χ1v) is 8.20. The van der Waals surface area contributed by atoms with Crippen LogP contribution in [0.1, 0.15) is 22.3 Å². The molecule has 2 N–H and O–H groups in total. The largest absolute Gasteiger partial charge is 0.380 e. The zero-order chi connectivity index (χ0) is 14.2. The van der Waals surface area contributed by atoms with E-state index >= 15 is 0 Å². The molecule has 1 atom stereocenters. The standard InChI is InChI=1S/C11H16N2O4S2/c1-7-9(6-18-11(7)19(12,15)16)10(14)13-4-3-8(5-13)17-2/h6,8H,3-5H2,1-2H3,(H2,12,15,16). The third kappa shape index (κ3) is 2.81. The van der Waals surface area contributed by atoms with Crippen molar-refractivity contribution in [3.05, 3.63) is 16.5 Å². The van der Waals surface area contributed by atoms with Crippen molar-refractivity contribution in [2.45, 2.75) is 23.7 Å². The minimum atomic E-state index is -3.76. The lowest BCUT2D eigenvalue weighted by Crippen LogP contribution is -2.30. The maximum atomic E-state index is 12.3. The fourth-order valence-corrected chi connectivity index (χ4v) is 4.17. The molecule has 1 aromatic heterocycles. The van der Waals surface area contributed by atoms with Crippen molar-refractivity contribution in [2.24, 2.45) is 5.14 Å². The smallest absolute Gasteiger partial charge is 0.255 e. The summed E-state index contributed by atoms with van der Waals surface area (Å²) in [5.41, 5.74) is 0.837. The molecule has 8 heteroatoms. The van der Waals surface area contributed by atoms with E-state index in [9.17, 15) is 13.2 Å². The molecule has 1 fully saturated rings. The molecule has 1 aliphatic heterocycles. The molecule has 106 valence electrons. The van der Waals surface area contributed by atoms with Gasteiger partial charge in [-0.3, -0.25) is 4.79 Å². The number of carbonyl (C=O) groups excluding carboxylic acids is 1. The Hall–Kier alpha value is -0.960. The molecule has 19 heavy (non-hydrogen) atoms. The molecule has 0 spiro atoms. The van der Waals surface area contributed by atoms with E-state index in [0.29, 0.717) is 24.2 Å². The minimum absolute atomic E-state index is 0.0540. The van der Waals surface area contributed by atoms with E-state index in [1.165, 1.54) is 0 Å². The van der Waals surface area contributed by atoms with Gasteiger partial charge < -0.3 is 9.64 Å². The molecule has 0 saturated carbocycles. The van der Waals surface area contributed by atoms with Crippen LogP contribution in [0.15, 0.2) is 9.59 Å². The van der Waals surface area contributed by atoms with Crippen LogP contribution >= 0.6 is 11.3 Å². The molecule has 1 saturated heterocycles. The lowest BCUT2D eigenvalue weighted by Gasteiger charge is -2.16. The van der Waals surface area contributed by atoms with Crippen molar-refractivity contribution < 1.29 is 17.9 Å². The average molecular weight is 304 g/mol. The van der Waals surface area contributed by atoms with Gasteiger partial charge in [0.1, 0.15) is 4.21 Å². The topological polar surface area (TPSA) is 89.7 Å². The molecule has 2 rings (SSSR count). The average Bonchev–Trinajstić information content (AvgIpc) is 2.93. The molecule has 2 heterocycles. The maximum Gasteiger partial charge on any atom is 0.255 e. The summed E-state index contributed by atoms with van der Waals surface area (Å²) in [5, 5.41) is 6.66. The van der Waals surface area contributed by atoms with Crippen LogP contribution in [0.5, 0.6) is 0 Å². The summed E-state index contributed by atoms with van der Waals surface area (Å²) < 4.78 is 28.0. The fraction of sp³-hybridized carbons (Fsp3) is 0.545. The number of nitrogens with zero attached hydrogens (tertiary/aromatic N) is 1. The number of carbonyl (C=O) groups is 1. The predicted molar refractivity (Wildman–Crippen MR) is 71.7 cm³/mol. The van der Waals surface area contributed by atoms with Gasteiger partial charge in [-0.2, -0.15) is 0 Å². The number of rotatable bonds is 3. The zero-order valence-corrected chi connectivity index (χ0v) is 12.4. The van der Waals surface area contributed by atoms with E-state index in [1.807, 2.05) is 0 Å². The SMILES string of the molecule is COC1CCN(C(=O)c2csc(S(N)(=O)=O)c2C)C1. The van der Waals surface area contributed by atoms with Crippen LogP contribution in [0.2, 0.25) is 0 Å². The van der Waals surface area contributed by atoms with Gasteiger partial charge in [0.2, 0.25) is 10.0 Å². The Labute approximate surface area is 116 Å². The van der Waals surface area contributed by atoms with E-state index in [4.69, 9.17) is 9.88 Å². The third-order valence-electron chi connectivity index (χ3n) is 3.25. The number of hydrogen-bond donors (Lipinski definition) is 1. The highest BCUT2D eigenvalue weighted by Crippen LogP contribution is 2.27. The normalized spacial score (nSPS) is 19.9. The number of thiophene rings is 1. The number of sulfonamides is 1. The van der Waals surface area contributed by atoms with Crippen LogP contribution in [0, 0.1) is 6.92 Å². The molecular formula is C11H16N2O4S2. The summed E-state index contributed by atoms with van der Waals surface area (Å²) >= 11 is 0.985. The van der Waals surface area contributed by atoms with E-state index in [0.717, 1.165) is 17.8 Å². The molecule has 1 aromatic rings. The Morgan fingerprint density at radius 2 is 2.26 bits per heavy atom. The van der Waals surface area contributed by atoms with Crippen LogP contribution in [-0.4, -0.2) is 45.5 Å². The highest BCUT2D eigenvalue weighted by atomic mass is 32.2. The molecule has 0 aromatic carbocycles. The van der Waals surface area contributed by atoms with E-state index in [-0.39, 0.29) is 16.2 Å². The lowest BCUT2D eigenvalue weighted by molar-refractivity contribution is 0.0724. The number of ether oxygens (including phenoxy) is 1. The molecule has 0 aliphatic carbocycles. The summed E-state index contributed by atoms with van der Waals surface area (Å²) in [6, 6.07) is 0. The van der Waals surface area contributed by atoms with E-state index in [1.54, 1.807) is 24.3 Å². The Bertz CT molecular complexity index is 594. The van der Waals surface area contributed by atoms with Crippen molar-refractivity contribution in [1.82, 2.24) is 4.90 Å². The molecule has 1 amide bonds. The first-order valence-electron chi connectivity index (χ1n) is 5.77. The quantitative estimate of drug-likeness (QED) is 0.883. The second kappa shape index (κ2) is 5.20. The minimum Gasteiger partial charge on any atom is -0.380 e.